The van der Waals surface area contributed by atoms with Crippen LogP contribution in [0.2, 0.25) is 0 Å². The van der Waals surface area contributed by atoms with Crippen LogP contribution in [0.4, 0.5) is 0 Å². The van der Waals surface area contributed by atoms with E-state index in [0.29, 0.717) is 19.6 Å². The molecule has 0 spiro atoms. The highest BCUT2D eigenvalue weighted by molar-refractivity contribution is 7.71. The van der Waals surface area contributed by atoms with Gasteiger partial charge in [-0.15, -0.1) is 0 Å². The molecule has 1 N–H and O–H groups in total. The topological polar surface area (TPSA) is 51.0 Å². The highest BCUT2D eigenvalue weighted by Gasteiger charge is 1.98. The lowest BCUT2D eigenvalue weighted by molar-refractivity contribution is 0.122. The molecule has 1 aromatic carbocycles. The molecule has 4 nitrogen and oxygen atoms in total. The molecule has 2 rings (SSSR count). The van der Waals surface area contributed by atoms with Gasteiger partial charge in [0.1, 0.15) is 5.82 Å². The second kappa shape index (κ2) is 5.58. The Morgan fingerprint density at radius 3 is 2.81 bits per heavy atom. The van der Waals surface area contributed by atoms with E-state index in [-0.39, 0.29) is 4.84 Å². The average Bonchev–Trinajstić information content (AvgIpc) is 2.72. The van der Waals surface area contributed by atoms with Crippen molar-refractivity contribution in [3.8, 4) is 0 Å². The number of benzene rings is 1. The Bertz CT molecular complexity index is 478. The van der Waals surface area contributed by atoms with Crippen LogP contribution in [0.3, 0.4) is 0 Å². The van der Waals surface area contributed by atoms with E-state index in [9.17, 15) is 0 Å². The van der Waals surface area contributed by atoms with Gasteiger partial charge < -0.3 is 9.26 Å². The summed E-state index contributed by atoms with van der Waals surface area (Å²) in [5.41, 5.74) is 1.16. The summed E-state index contributed by atoms with van der Waals surface area (Å²) in [6.45, 7) is 1.20. The van der Waals surface area contributed by atoms with E-state index in [2.05, 4.69) is 10.1 Å². The van der Waals surface area contributed by atoms with Crippen LogP contribution in [0.5, 0.6) is 0 Å². The van der Waals surface area contributed by atoms with Crippen molar-refractivity contribution in [2.24, 2.45) is 0 Å². The molecule has 84 valence electrons. The fourth-order valence-electron chi connectivity index (χ4n) is 1.30. The van der Waals surface area contributed by atoms with Crippen LogP contribution in [0.15, 0.2) is 34.9 Å². The van der Waals surface area contributed by atoms with Crippen LogP contribution >= 0.6 is 12.2 Å². The van der Waals surface area contributed by atoms with Gasteiger partial charge in [0.05, 0.1) is 13.2 Å². The van der Waals surface area contributed by atoms with Gasteiger partial charge in [0.2, 0.25) is 0 Å². The number of rotatable bonds is 5. The van der Waals surface area contributed by atoms with E-state index in [1.54, 1.807) is 0 Å². The lowest BCUT2D eigenvalue weighted by atomic mass is 10.2. The summed E-state index contributed by atoms with van der Waals surface area (Å²) >= 11 is 4.74. The quantitative estimate of drug-likeness (QED) is 0.640. The molecule has 0 saturated heterocycles. The summed E-state index contributed by atoms with van der Waals surface area (Å²) in [4.78, 5) is 4.20. The van der Waals surface area contributed by atoms with Crippen molar-refractivity contribution in [2.75, 3.05) is 6.61 Å². The summed E-state index contributed by atoms with van der Waals surface area (Å²) in [5, 5.41) is 2.63. The Morgan fingerprint density at radius 1 is 1.31 bits per heavy atom. The van der Waals surface area contributed by atoms with Crippen LogP contribution in [0.1, 0.15) is 11.4 Å². The molecule has 1 aromatic heterocycles. The molecule has 0 unspecified atom stereocenters. The Labute approximate surface area is 98.2 Å². The second-order valence-electron chi connectivity index (χ2n) is 3.32. The Hall–Kier alpha value is -1.46. The maximum Gasteiger partial charge on any atom is 0.314 e. The van der Waals surface area contributed by atoms with Crippen LogP contribution in [-0.4, -0.2) is 16.7 Å². The number of ether oxygens (including phenoxy) is 1. The zero-order valence-corrected chi connectivity index (χ0v) is 9.50. The molecule has 0 aliphatic carbocycles. The Morgan fingerprint density at radius 2 is 2.12 bits per heavy atom. The molecular weight excluding hydrogens is 224 g/mol. The number of nitrogens with zero attached hydrogens (tertiary/aromatic N) is 1. The molecule has 0 atom stereocenters. The summed E-state index contributed by atoms with van der Waals surface area (Å²) in [6, 6.07) is 10.0. The van der Waals surface area contributed by atoms with Gasteiger partial charge in [-0.05, 0) is 17.8 Å². The molecule has 5 heteroatoms. The molecule has 0 radical (unpaired) electrons. The van der Waals surface area contributed by atoms with Crippen LogP contribution in [0, 0.1) is 4.84 Å². The van der Waals surface area contributed by atoms with Crippen molar-refractivity contribution in [3.63, 3.8) is 0 Å². The first-order valence-electron chi connectivity index (χ1n) is 5.00. The molecule has 0 aliphatic rings. The molecule has 0 bridgehead atoms. The summed E-state index contributed by atoms with van der Waals surface area (Å²) in [6.07, 6.45) is 0.674. The van der Waals surface area contributed by atoms with Crippen molar-refractivity contribution in [3.05, 3.63) is 46.6 Å². The van der Waals surface area contributed by atoms with E-state index in [4.69, 9.17) is 21.5 Å². The van der Waals surface area contributed by atoms with Crippen molar-refractivity contribution in [1.82, 2.24) is 10.1 Å². The SMILES string of the molecule is S=c1nc(CCOCc2ccccc2)[nH]o1. The number of hydrogen-bond acceptors (Lipinski definition) is 4. The van der Waals surface area contributed by atoms with Gasteiger partial charge in [0.25, 0.3) is 0 Å². The molecule has 16 heavy (non-hydrogen) atoms. The first kappa shape index (κ1) is 11.0. The van der Waals surface area contributed by atoms with E-state index >= 15 is 0 Å². The van der Waals surface area contributed by atoms with Gasteiger partial charge in [0, 0.05) is 6.42 Å². The summed E-state index contributed by atoms with van der Waals surface area (Å²) in [5.74, 6) is 0.720. The predicted octanol–water partition coefficient (Wildman–Crippen LogP) is 2.49. The predicted molar refractivity (Wildman–Crippen MR) is 61.5 cm³/mol. The minimum atomic E-state index is 0.234. The zero-order chi connectivity index (χ0) is 11.2. The van der Waals surface area contributed by atoms with Crippen molar-refractivity contribution >= 4 is 12.2 Å². The number of H-pyrrole nitrogens is 1. The van der Waals surface area contributed by atoms with Crippen molar-refractivity contribution < 1.29 is 9.26 Å². The number of nitrogens with one attached hydrogen (secondary N) is 1. The molecule has 2 aromatic rings. The van der Waals surface area contributed by atoms with Gasteiger partial charge in [-0.2, -0.15) is 4.98 Å². The highest BCUT2D eigenvalue weighted by atomic mass is 32.1. The number of aromatic nitrogens is 2. The van der Waals surface area contributed by atoms with E-state index < -0.39 is 0 Å². The third-order valence-electron chi connectivity index (χ3n) is 2.08. The first-order valence-corrected chi connectivity index (χ1v) is 5.41. The van der Waals surface area contributed by atoms with E-state index in [1.807, 2.05) is 30.3 Å². The number of aromatic amines is 1. The zero-order valence-electron chi connectivity index (χ0n) is 8.68. The molecule has 0 aliphatic heterocycles. The summed E-state index contributed by atoms with van der Waals surface area (Å²) < 4.78 is 10.3. The maximum absolute atomic E-state index is 5.50. The molecule has 0 saturated carbocycles. The third-order valence-corrected chi connectivity index (χ3v) is 2.25. The number of hydrogen-bond donors (Lipinski definition) is 1. The second-order valence-corrected chi connectivity index (χ2v) is 3.67. The van der Waals surface area contributed by atoms with Crippen LogP contribution in [0.25, 0.3) is 0 Å². The molecule has 0 amide bonds. The Balaban J connectivity index is 1.71. The first-order chi connectivity index (χ1) is 7.84. The van der Waals surface area contributed by atoms with E-state index in [1.165, 1.54) is 0 Å². The third kappa shape index (κ3) is 3.29. The standard InChI is InChI=1S/C11H12N2O2S/c16-11-12-10(13-15-11)6-7-14-8-9-4-2-1-3-5-9/h1-5H,6-8H2,(H,12,13,16). The lowest BCUT2D eigenvalue weighted by Crippen LogP contribution is -2.00. The fraction of sp³-hybridized carbons (Fsp3) is 0.273. The van der Waals surface area contributed by atoms with Gasteiger partial charge in [-0.3, -0.25) is 0 Å². The molecule has 0 fully saturated rings. The Kier molecular flexibility index (Phi) is 3.85. The van der Waals surface area contributed by atoms with Crippen molar-refractivity contribution in [1.29, 1.82) is 0 Å². The van der Waals surface area contributed by atoms with Gasteiger partial charge in [-0.1, -0.05) is 30.3 Å². The van der Waals surface area contributed by atoms with Crippen molar-refractivity contribution in [2.45, 2.75) is 13.0 Å². The van der Waals surface area contributed by atoms with Gasteiger partial charge in [0.15, 0.2) is 0 Å². The summed E-state index contributed by atoms with van der Waals surface area (Å²) in [7, 11) is 0. The van der Waals surface area contributed by atoms with Gasteiger partial charge in [-0.25, -0.2) is 5.16 Å². The monoisotopic (exact) mass is 236 g/mol. The minimum Gasteiger partial charge on any atom is -0.376 e. The van der Waals surface area contributed by atoms with Gasteiger partial charge >= 0.3 is 4.84 Å². The average molecular weight is 236 g/mol. The van der Waals surface area contributed by atoms with E-state index in [0.717, 1.165) is 11.4 Å². The fourth-order valence-corrected chi connectivity index (χ4v) is 1.45. The van der Waals surface area contributed by atoms with Crippen LogP contribution < -0.4 is 0 Å². The molecule has 1 heterocycles. The largest absolute Gasteiger partial charge is 0.376 e. The minimum absolute atomic E-state index is 0.234. The smallest absolute Gasteiger partial charge is 0.314 e. The molecular formula is C11H12N2O2S. The normalized spacial score (nSPS) is 10.5. The highest BCUT2D eigenvalue weighted by Crippen LogP contribution is 2.01. The lowest BCUT2D eigenvalue weighted by Gasteiger charge is -2.02. The maximum atomic E-state index is 5.50. The van der Waals surface area contributed by atoms with Crippen LogP contribution in [-0.2, 0) is 17.8 Å².